The lowest BCUT2D eigenvalue weighted by molar-refractivity contribution is -0.155. The van der Waals surface area contributed by atoms with Gasteiger partial charge in [0.1, 0.15) is 0 Å². The zero-order valence-electron chi connectivity index (χ0n) is 11.2. The van der Waals surface area contributed by atoms with Crippen molar-refractivity contribution in [1.29, 1.82) is 0 Å². The summed E-state index contributed by atoms with van der Waals surface area (Å²) >= 11 is 2.76. The highest BCUT2D eigenvalue weighted by molar-refractivity contribution is 9.10. The first-order valence-corrected chi connectivity index (χ1v) is 6.60. The van der Waals surface area contributed by atoms with Crippen LogP contribution in [0.4, 0.5) is 23.7 Å². The number of alkyl halides is 3. The third-order valence-corrected chi connectivity index (χ3v) is 3.28. The van der Waals surface area contributed by atoms with Crippen LogP contribution in [0, 0.1) is 0 Å². The van der Waals surface area contributed by atoms with Gasteiger partial charge in [0.05, 0.1) is 12.1 Å². The van der Waals surface area contributed by atoms with Crippen molar-refractivity contribution in [3.05, 3.63) is 28.2 Å². The Bertz CT molecular complexity index is 590. The highest BCUT2D eigenvalue weighted by Gasteiger charge is 2.33. The molecule has 0 heterocycles. The number of carbonyl (C=O) groups is 2. The number of halogens is 4. The fourth-order valence-electron chi connectivity index (χ4n) is 1.32. The minimum atomic E-state index is -4.60. The second kappa shape index (κ2) is 6.53. The summed E-state index contributed by atoms with van der Waals surface area (Å²) in [5.74, 6) is -1.55. The van der Waals surface area contributed by atoms with Gasteiger partial charge in [-0.3, -0.25) is 0 Å². The number of carbonyl (C=O) groups excluding carboxylic acids is 1. The van der Waals surface area contributed by atoms with Crippen LogP contribution in [0.1, 0.15) is 12.5 Å². The number of benzene rings is 1. The molecule has 1 unspecified atom stereocenters. The molecule has 1 atom stereocenters. The minimum absolute atomic E-state index is 0.136. The van der Waals surface area contributed by atoms with Crippen molar-refractivity contribution in [2.45, 2.75) is 18.7 Å². The van der Waals surface area contributed by atoms with E-state index in [1.165, 1.54) is 6.07 Å². The summed E-state index contributed by atoms with van der Waals surface area (Å²) in [7, 11) is 0. The third kappa shape index (κ3) is 4.88. The van der Waals surface area contributed by atoms with Crippen LogP contribution in [0.15, 0.2) is 22.7 Å². The van der Waals surface area contributed by atoms with Gasteiger partial charge in [-0.2, -0.15) is 13.2 Å². The molecule has 0 saturated heterocycles. The van der Waals surface area contributed by atoms with E-state index in [2.05, 4.69) is 26.6 Å². The first kappa shape index (κ1) is 18.2. The molecule has 0 bridgehead atoms. The average molecular weight is 385 g/mol. The van der Waals surface area contributed by atoms with E-state index >= 15 is 0 Å². The molecule has 1 aromatic carbocycles. The molecule has 2 amide bonds. The largest absolute Gasteiger partial charge is 0.479 e. The fourth-order valence-corrected chi connectivity index (χ4v) is 1.79. The van der Waals surface area contributed by atoms with E-state index < -0.39 is 35.9 Å². The standard InChI is InChI=1S/C12H12BrF3N2O4/c1-11(22,9(19)20)5-17-10(21)18-6-2-3-8(13)7(4-6)12(14,15)16/h2-4,22H,5H2,1H3,(H,19,20)(H2,17,18,21). The van der Waals surface area contributed by atoms with Crippen molar-refractivity contribution in [1.82, 2.24) is 5.32 Å². The van der Waals surface area contributed by atoms with Gasteiger partial charge in [-0.1, -0.05) is 15.9 Å². The molecular formula is C12H12BrF3N2O4. The molecule has 122 valence electrons. The number of hydrogen-bond donors (Lipinski definition) is 4. The number of carboxylic acid groups (broad SMARTS) is 1. The number of aliphatic carboxylic acids is 1. The average Bonchev–Trinajstić information content (AvgIpc) is 2.37. The van der Waals surface area contributed by atoms with Crippen LogP contribution in [-0.2, 0) is 11.0 Å². The van der Waals surface area contributed by atoms with Gasteiger partial charge in [-0.05, 0) is 25.1 Å². The van der Waals surface area contributed by atoms with Crippen molar-refractivity contribution in [3.63, 3.8) is 0 Å². The highest BCUT2D eigenvalue weighted by atomic mass is 79.9. The lowest BCUT2D eigenvalue weighted by Gasteiger charge is -2.18. The molecule has 22 heavy (non-hydrogen) atoms. The van der Waals surface area contributed by atoms with Gasteiger partial charge in [0.15, 0.2) is 5.60 Å². The number of carboxylic acids is 1. The Morgan fingerprint density at radius 2 is 1.91 bits per heavy atom. The molecule has 0 aliphatic rings. The summed E-state index contributed by atoms with van der Waals surface area (Å²) in [5, 5.41) is 22.2. The Kier molecular flexibility index (Phi) is 5.41. The number of amides is 2. The van der Waals surface area contributed by atoms with E-state index in [4.69, 9.17) is 5.11 Å². The number of anilines is 1. The SMILES string of the molecule is CC(O)(CNC(=O)Nc1ccc(Br)c(C(F)(F)F)c1)C(=O)O. The summed E-state index contributed by atoms with van der Waals surface area (Å²) in [6.45, 7) is 0.355. The molecule has 0 radical (unpaired) electrons. The first-order valence-electron chi connectivity index (χ1n) is 5.81. The second-order valence-electron chi connectivity index (χ2n) is 4.58. The molecular weight excluding hydrogens is 373 g/mol. The first-order chi connectivity index (χ1) is 9.93. The van der Waals surface area contributed by atoms with E-state index in [0.29, 0.717) is 0 Å². The lowest BCUT2D eigenvalue weighted by atomic mass is 10.1. The molecule has 4 N–H and O–H groups in total. The van der Waals surface area contributed by atoms with E-state index in [0.717, 1.165) is 19.1 Å². The highest BCUT2D eigenvalue weighted by Crippen LogP contribution is 2.36. The lowest BCUT2D eigenvalue weighted by Crippen LogP contribution is -2.47. The predicted octanol–water partition coefficient (Wildman–Crippen LogP) is 2.42. The quantitative estimate of drug-likeness (QED) is 0.640. The second-order valence-corrected chi connectivity index (χ2v) is 5.43. The third-order valence-electron chi connectivity index (χ3n) is 2.58. The normalized spacial score (nSPS) is 14.1. The Balaban J connectivity index is 2.76. The van der Waals surface area contributed by atoms with E-state index in [-0.39, 0.29) is 10.2 Å². The van der Waals surface area contributed by atoms with E-state index in [1.807, 2.05) is 0 Å². The topological polar surface area (TPSA) is 98.7 Å². The van der Waals surface area contributed by atoms with Crippen molar-refractivity contribution >= 4 is 33.6 Å². The molecule has 0 fully saturated rings. The van der Waals surface area contributed by atoms with Crippen LogP contribution in [0.2, 0.25) is 0 Å². The molecule has 0 saturated carbocycles. The van der Waals surface area contributed by atoms with Crippen molar-refractivity contribution in [2.24, 2.45) is 0 Å². The zero-order valence-corrected chi connectivity index (χ0v) is 12.7. The monoisotopic (exact) mass is 384 g/mol. The number of nitrogens with one attached hydrogen (secondary N) is 2. The van der Waals surface area contributed by atoms with E-state index in [9.17, 15) is 27.9 Å². The zero-order chi connectivity index (χ0) is 17.1. The summed E-state index contributed by atoms with van der Waals surface area (Å²) in [6, 6.07) is 2.12. The number of aliphatic hydroxyl groups is 1. The van der Waals surface area contributed by atoms with Crippen LogP contribution < -0.4 is 10.6 Å². The van der Waals surface area contributed by atoms with Crippen LogP contribution in [-0.4, -0.2) is 34.4 Å². The van der Waals surface area contributed by atoms with Crippen molar-refractivity contribution in [3.8, 4) is 0 Å². The molecule has 0 spiro atoms. The number of rotatable bonds is 4. The van der Waals surface area contributed by atoms with Gasteiger partial charge in [0, 0.05) is 10.2 Å². The summed E-state index contributed by atoms with van der Waals surface area (Å²) in [4.78, 5) is 22.1. The van der Waals surface area contributed by atoms with Crippen molar-refractivity contribution < 1.29 is 33.0 Å². The van der Waals surface area contributed by atoms with Gasteiger partial charge < -0.3 is 20.8 Å². The molecule has 0 aliphatic heterocycles. The molecule has 6 nitrogen and oxygen atoms in total. The minimum Gasteiger partial charge on any atom is -0.479 e. The Morgan fingerprint density at radius 3 is 2.41 bits per heavy atom. The number of urea groups is 1. The van der Waals surface area contributed by atoms with Crippen LogP contribution >= 0.6 is 15.9 Å². The Labute approximate surface area is 131 Å². The Morgan fingerprint density at radius 1 is 1.32 bits per heavy atom. The van der Waals surface area contributed by atoms with Gasteiger partial charge in [0.25, 0.3) is 0 Å². The molecule has 10 heteroatoms. The molecule has 1 rings (SSSR count). The van der Waals surface area contributed by atoms with E-state index in [1.54, 1.807) is 0 Å². The van der Waals surface area contributed by atoms with Gasteiger partial charge in [0.2, 0.25) is 0 Å². The summed E-state index contributed by atoms with van der Waals surface area (Å²) in [6.07, 6.45) is -4.60. The van der Waals surface area contributed by atoms with Gasteiger partial charge >= 0.3 is 18.2 Å². The molecule has 1 aromatic rings. The number of hydrogen-bond acceptors (Lipinski definition) is 3. The summed E-state index contributed by atoms with van der Waals surface area (Å²) < 4.78 is 37.9. The van der Waals surface area contributed by atoms with Crippen molar-refractivity contribution in [2.75, 3.05) is 11.9 Å². The maximum atomic E-state index is 12.7. The van der Waals surface area contributed by atoms with Gasteiger partial charge in [-0.25, -0.2) is 9.59 Å². The van der Waals surface area contributed by atoms with Crippen LogP contribution in [0.3, 0.4) is 0 Å². The maximum absolute atomic E-state index is 12.7. The molecule has 0 aromatic heterocycles. The smallest absolute Gasteiger partial charge is 0.417 e. The fraction of sp³-hybridized carbons (Fsp3) is 0.333. The molecule has 0 aliphatic carbocycles. The van der Waals surface area contributed by atoms with Crippen LogP contribution in [0.25, 0.3) is 0 Å². The Hall–Kier alpha value is -1.81. The maximum Gasteiger partial charge on any atom is 0.417 e. The summed E-state index contributed by atoms with van der Waals surface area (Å²) in [5.41, 5.74) is -3.29. The van der Waals surface area contributed by atoms with Gasteiger partial charge in [-0.15, -0.1) is 0 Å². The van der Waals surface area contributed by atoms with Crippen LogP contribution in [0.5, 0.6) is 0 Å². The predicted molar refractivity (Wildman–Crippen MR) is 74.4 cm³/mol.